The third kappa shape index (κ3) is 6.88. The number of hydrogen-bond donors (Lipinski definition) is 3. The van der Waals surface area contributed by atoms with Crippen molar-refractivity contribution in [2.75, 3.05) is 32.1 Å². The number of alkyl halides is 3. The first-order valence-electron chi connectivity index (χ1n) is 10.2. The number of carbonyl (C=O) groups is 4. The number of likely N-dealkylation sites (N-methyl/N-ethyl adjacent to an activating group) is 1. The van der Waals surface area contributed by atoms with Gasteiger partial charge >= 0.3 is 18.1 Å². The summed E-state index contributed by atoms with van der Waals surface area (Å²) in [6.07, 6.45) is -3.59. The summed E-state index contributed by atoms with van der Waals surface area (Å²) < 4.78 is 36.8. The summed E-state index contributed by atoms with van der Waals surface area (Å²) >= 11 is 0. The Kier molecular flexibility index (Phi) is 9.31. The second kappa shape index (κ2) is 11.9. The third-order valence-electron chi connectivity index (χ3n) is 4.67. The van der Waals surface area contributed by atoms with Gasteiger partial charge in [0.25, 0.3) is 0 Å². The Bertz CT molecular complexity index is 1070. The molecule has 0 radical (unpaired) electrons. The van der Waals surface area contributed by atoms with Crippen molar-refractivity contribution in [1.82, 2.24) is 5.32 Å². The van der Waals surface area contributed by atoms with Crippen LogP contribution >= 0.6 is 0 Å². The van der Waals surface area contributed by atoms with Crippen molar-refractivity contribution >= 4 is 29.2 Å². The fraction of sp³-hybridized carbons (Fsp3) is 0.304. The fourth-order valence-electron chi connectivity index (χ4n) is 3.12. The number of ether oxygens (including phenoxy) is 1. The number of halogens is 3. The SMILES string of the molecule is CNCC(=O)OCCCCNc1cccc2c1C(=O)c1ccccc1C2=O.O=C(O)C(F)(F)F. The van der Waals surface area contributed by atoms with Gasteiger partial charge in [0.15, 0.2) is 11.6 Å². The molecule has 3 rings (SSSR count). The molecule has 0 saturated heterocycles. The number of carboxylic acids is 1. The molecule has 0 bridgehead atoms. The summed E-state index contributed by atoms with van der Waals surface area (Å²) in [5.74, 6) is -3.29. The molecule has 11 heteroatoms. The normalized spacial score (nSPS) is 12.1. The van der Waals surface area contributed by atoms with Crippen LogP contribution < -0.4 is 10.6 Å². The van der Waals surface area contributed by atoms with Crippen LogP contribution in [0.1, 0.15) is 44.7 Å². The number of nitrogens with one attached hydrogen (secondary N) is 2. The van der Waals surface area contributed by atoms with Crippen LogP contribution in [-0.4, -0.2) is 61.5 Å². The Hall–Kier alpha value is -3.73. The zero-order valence-electron chi connectivity index (χ0n) is 18.2. The fourth-order valence-corrected chi connectivity index (χ4v) is 3.12. The van der Waals surface area contributed by atoms with Gasteiger partial charge in [0.05, 0.1) is 18.7 Å². The quantitative estimate of drug-likeness (QED) is 0.332. The Labute approximate surface area is 193 Å². The number of ketones is 2. The van der Waals surface area contributed by atoms with E-state index in [2.05, 4.69) is 10.6 Å². The van der Waals surface area contributed by atoms with E-state index in [1.54, 1.807) is 43.4 Å². The molecule has 8 nitrogen and oxygen atoms in total. The van der Waals surface area contributed by atoms with Crippen molar-refractivity contribution in [1.29, 1.82) is 0 Å². The average molecular weight is 480 g/mol. The maximum absolute atomic E-state index is 12.9. The molecule has 1 aliphatic rings. The predicted molar refractivity (Wildman–Crippen MR) is 116 cm³/mol. The molecule has 2 aromatic rings. The maximum atomic E-state index is 12.9. The van der Waals surface area contributed by atoms with E-state index in [1.807, 2.05) is 6.07 Å². The van der Waals surface area contributed by atoms with Gasteiger partial charge in [-0.3, -0.25) is 14.4 Å². The van der Waals surface area contributed by atoms with E-state index >= 15 is 0 Å². The largest absolute Gasteiger partial charge is 0.490 e. The molecule has 0 amide bonds. The summed E-state index contributed by atoms with van der Waals surface area (Å²) in [7, 11) is 1.69. The van der Waals surface area contributed by atoms with Gasteiger partial charge in [-0.1, -0.05) is 36.4 Å². The molecule has 3 N–H and O–H groups in total. The van der Waals surface area contributed by atoms with Gasteiger partial charge in [-0.05, 0) is 26.0 Å². The smallest absolute Gasteiger partial charge is 0.475 e. The number of aliphatic carboxylic acids is 1. The average Bonchev–Trinajstić information content (AvgIpc) is 2.79. The molecule has 182 valence electrons. The molecule has 0 saturated carbocycles. The highest BCUT2D eigenvalue weighted by atomic mass is 19.4. The monoisotopic (exact) mass is 480 g/mol. The Morgan fingerprint density at radius 3 is 2.12 bits per heavy atom. The Morgan fingerprint density at radius 2 is 1.53 bits per heavy atom. The van der Waals surface area contributed by atoms with E-state index in [0.29, 0.717) is 47.5 Å². The van der Waals surface area contributed by atoms with Gasteiger partial charge in [-0.25, -0.2) is 4.79 Å². The molecule has 0 aliphatic heterocycles. The Morgan fingerprint density at radius 1 is 0.941 bits per heavy atom. The highest BCUT2D eigenvalue weighted by Crippen LogP contribution is 2.31. The summed E-state index contributed by atoms with van der Waals surface area (Å²) in [5.41, 5.74) is 2.43. The van der Waals surface area contributed by atoms with Crippen LogP contribution in [0.4, 0.5) is 18.9 Å². The zero-order valence-corrected chi connectivity index (χ0v) is 18.2. The first-order chi connectivity index (χ1) is 16.1. The molecular formula is C23H23F3N2O6. The lowest BCUT2D eigenvalue weighted by molar-refractivity contribution is -0.192. The lowest BCUT2D eigenvalue weighted by atomic mass is 9.83. The minimum atomic E-state index is -5.08. The third-order valence-corrected chi connectivity index (χ3v) is 4.67. The number of esters is 1. The maximum Gasteiger partial charge on any atom is 0.490 e. The predicted octanol–water partition coefficient (Wildman–Crippen LogP) is 3.05. The minimum absolute atomic E-state index is 0.125. The highest BCUT2D eigenvalue weighted by Gasteiger charge is 2.38. The van der Waals surface area contributed by atoms with Gasteiger partial charge in [0.2, 0.25) is 0 Å². The topological polar surface area (TPSA) is 122 Å². The Balaban J connectivity index is 0.000000509. The molecule has 0 aromatic heterocycles. The van der Waals surface area contributed by atoms with Crippen molar-refractivity contribution in [2.24, 2.45) is 0 Å². The van der Waals surface area contributed by atoms with E-state index in [-0.39, 0.29) is 24.1 Å². The van der Waals surface area contributed by atoms with Crippen molar-refractivity contribution in [3.8, 4) is 0 Å². The summed E-state index contributed by atoms with van der Waals surface area (Å²) in [6, 6.07) is 12.2. The summed E-state index contributed by atoms with van der Waals surface area (Å²) in [5, 5.41) is 13.1. The molecule has 0 heterocycles. The van der Waals surface area contributed by atoms with E-state index in [4.69, 9.17) is 14.6 Å². The zero-order chi connectivity index (χ0) is 25.3. The number of carboxylic acid groups (broad SMARTS) is 1. The minimum Gasteiger partial charge on any atom is -0.475 e. The number of benzene rings is 2. The van der Waals surface area contributed by atoms with E-state index < -0.39 is 12.1 Å². The molecule has 2 aromatic carbocycles. The first kappa shape index (κ1) is 26.5. The number of hydrogen-bond acceptors (Lipinski definition) is 7. The van der Waals surface area contributed by atoms with Crippen LogP contribution in [0.3, 0.4) is 0 Å². The van der Waals surface area contributed by atoms with Crippen LogP contribution in [0, 0.1) is 0 Å². The van der Waals surface area contributed by atoms with Crippen LogP contribution in [0.25, 0.3) is 0 Å². The number of carbonyl (C=O) groups excluding carboxylic acids is 3. The van der Waals surface area contributed by atoms with Gasteiger partial charge in [0, 0.05) is 28.9 Å². The molecule has 0 unspecified atom stereocenters. The second-order valence-corrected chi connectivity index (χ2v) is 7.12. The molecule has 0 fully saturated rings. The number of rotatable bonds is 8. The van der Waals surface area contributed by atoms with Gasteiger partial charge in [0.1, 0.15) is 0 Å². The summed E-state index contributed by atoms with van der Waals surface area (Å²) in [6.45, 7) is 1.18. The van der Waals surface area contributed by atoms with Gasteiger partial charge < -0.3 is 20.5 Å². The van der Waals surface area contributed by atoms with Crippen molar-refractivity contribution in [3.05, 3.63) is 64.7 Å². The van der Waals surface area contributed by atoms with Crippen LogP contribution in [0.15, 0.2) is 42.5 Å². The summed E-state index contributed by atoms with van der Waals surface area (Å²) in [4.78, 5) is 45.7. The van der Waals surface area contributed by atoms with Crippen LogP contribution in [-0.2, 0) is 14.3 Å². The van der Waals surface area contributed by atoms with E-state index in [9.17, 15) is 27.6 Å². The van der Waals surface area contributed by atoms with E-state index in [1.165, 1.54) is 0 Å². The van der Waals surface area contributed by atoms with Crippen molar-refractivity contribution in [2.45, 2.75) is 19.0 Å². The van der Waals surface area contributed by atoms with Crippen molar-refractivity contribution in [3.63, 3.8) is 0 Å². The molecule has 0 atom stereocenters. The lowest BCUT2D eigenvalue weighted by Crippen LogP contribution is -2.23. The molecule has 1 aliphatic carbocycles. The van der Waals surface area contributed by atoms with Crippen LogP contribution in [0.2, 0.25) is 0 Å². The molecular weight excluding hydrogens is 457 g/mol. The molecule has 34 heavy (non-hydrogen) atoms. The van der Waals surface area contributed by atoms with E-state index in [0.717, 1.165) is 6.42 Å². The number of anilines is 1. The lowest BCUT2D eigenvalue weighted by Gasteiger charge is -2.20. The standard InChI is InChI=1S/C21H22N2O4.C2HF3O2/c1-22-13-18(24)27-12-5-4-11-23-17-10-6-9-16-19(17)21(26)15-8-3-2-7-14(15)20(16)25;3-2(4,5)1(6)7/h2-3,6-10,22-23H,4-5,11-13H2,1H3;(H,6,7). The number of unbranched alkanes of at least 4 members (excludes halogenated alkanes) is 1. The van der Waals surface area contributed by atoms with Gasteiger partial charge in [-0.2, -0.15) is 13.2 Å². The first-order valence-corrected chi connectivity index (χ1v) is 10.2. The second-order valence-electron chi connectivity index (χ2n) is 7.12. The van der Waals surface area contributed by atoms with Crippen LogP contribution in [0.5, 0.6) is 0 Å². The highest BCUT2D eigenvalue weighted by molar-refractivity contribution is 6.30. The molecule has 0 spiro atoms. The van der Waals surface area contributed by atoms with Gasteiger partial charge in [-0.15, -0.1) is 0 Å². The van der Waals surface area contributed by atoms with Crippen molar-refractivity contribution < 1.29 is 42.2 Å². The number of fused-ring (bicyclic) bond motifs is 2.